The van der Waals surface area contributed by atoms with E-state index in [0.29, 0.717) is 6.61 Å². The number of carbonyl (C=O) groups excluding carboxylic acids is 1. The molecule has 18 heavy (non-hydrogen) atoms. The molecule has 0 amide bonds. The Morgan fingerprint density at radius 2 is 2.06 bits per heavy atom. The van der Waals surface area contributed by atoms with Crippen molar-refractivity contribution < 1.29 is 14.3 Å². The lowest BCUT2D eigenvalue weighted by molar-refractivity contribution is -0.157. The molecule has 1 unspecified atom stereocenters. The van der Waals surface area contributed by atoms with Crippen molar-refractivity contribution in [2.75, 3.05) is 6.61 Å². The third-order valence-electron chi connectivity index (χ3n) is 3.14. The van der Waals surface area contributed by atoms with Crippen LogP contribution in [0, 0.1) is 5.92 Å². The number of rotatable bonds is 7. The fourth-order valence-corrected chi connectivity index (χ4v) is 1.78. The van der Waals surface area contributed by atoms with Crippen LogP contribution in [0.3, 0.4) is 0 Å². The smallest absolute Gasteiger partial charge is 0.309 e. The molecular weight excluding hydrogens is 228 g/mol. The molecule has 0 N–H and O–H groups in total. The molecule has 0 aromatic heterocycles. The van der Waals surface area contributed by atoms with Gasteiger partial charge < -0.3 is 9.47 Å². The van der Waals surface area contributed by atoms with Crippen molar-refractivity contribution in [3.8, 4) is 0 Å². The quantitative estimate of drug-likeness (QED) is 0.515. The predicted molar refractivity (Wildman–Crippen MR) is 72.4 cm³/mol. The Hall–Kier alpha value is -0.830. The Balaban J connectivity index is 2.37. The summed E-state index contributed by atoms with van der Waals surface area (Å²) in [6.07, 6.45) is 5.19. The highest BCUT2D eigenvalue weighted by Gasteiger charge is 2.33. The van der Waals surface area contributed by atoms with Gasteiger partial charge in [-0.2, -0.15) is 0 Å². The molecule has 3 nitrogen and oxygen atoms in total. The highest BCUT2D eigenvalue weighted by atomic mass is 16.6. The lowest BCUT2D eigenvalue weighted by atomic mass is 10.1. The first-order chi connectivity index (χ1) is 8.35. The van der Waals surface area contributed by atoms with Crippen LogP contribution in [0.5, 0.6) is 0 Å². The minimum absolute atomic E-state index is 0.0552. The van der Waals surface area contributed by atoms with Crippen LogP contribution in [-0.2, 0) is 14.3 Å². The van der Waals surface area contributed by atoms with E-state index in [1.807, 2.05) is 20.8 Å². The summed E-state index contributed by atoms with van der Waals surface area (Å²) in [7, 11) is 0. The number of hydrogen-bond donors (Lipinski definition) is 0. The molecule has 104 valence electrons. The SMILES string of the molecule is CC/C=C(\C)C(C)OC(C)(C)COC(=O)C1CC1. The second kappa shape index (κ2) is 6.37. The van der Waals surface area contributed by atoms with Crippen molar-refractivity contribution in [3.05, 3.63) is 11.6 Å². The van der Waals surface area contributed by atoms with E-state index in [2.05, 4.69) is 19.9 Å². The van der Waals surface area contributed by atoms with Gasteiger partial charge in [-0.05, 0) is 52.5 Å². The molecule has 0 heterocycles. The first kappa shape index (κ1) is 15.2. The van der Waals surface area contributed by atoms with E-state index in [4.69, 9.17) is 9.47 Å². The number of allylic oxidation sites excluding steroid dienone is 1. The molecule has 0 spiro atoms. The van der Waals surface area contributed by atoms with Crippen LogP contribution in [-0.4, -0.2) is 24.3 Å². The lowest BCUT2D eigenvalue weighted by Gasteiger charge is -2.29. The normalized spacial score (nSPS) is 18.6. The Labute approximate surface area is 111 Å². The van der Waals surface area contributed by atoms with Crippen LogP contribution in [0.4, 0.5) is 0 Å². The standard InChI is InChI=1S/C15H26O3/c1-6-7-11(2)12(3)18-15(4,5)10-17-14(16)13-8-9-13/h7,12-13H,6,8-10H2,1-5H3/b11-7+. The van der Waals surface area contributed by atoms with E-state index in [1.54, 1.807) is 0 Å². The van der Waals surface area contributed by atoms with Gasteiger partial charge in [0.2, 0.25) is 0 Å². The number of carbonyl (C=O) groups is 1. The molecule has 0 aromatic rings. The van der Waals surface area contributed by atoms with Gasteiger partial charge in [-0.25, -0.2) is 0 Å². The molecule has 1 aliphatic carbocycles. The van der Waals surface area contributed by atoms with Crippen LogP contribution < -0.4 is 0 Å². The van der Waals surface area contributed by atoms with Gasteiger partial charge in [-0.15, -0.1) is 0 Å². The van der Waals surface area contributed by atoms with Crippen molar-refractivity contribution in [1.29, 1.82) is 0 Å². The summed E-state index contributed by atoms with van der Waals surface area (Å²) in [6, 6.07) is 0. The van der Waals surface area contributed by atoms with Gasteiger partial charge in [-0.1, -0.05) is 13.0 Å². The monoisotopic (exact) mass is 254 g/mol. The summed E-state index contributed by atoms with van der Waals surface area (Å²) in [5.41, 5.74) is 0.784. The summed E-state index contributed by atoms with van der Waals surface area (Å²) in [6.45, 7) is 10.5. The molecule has 0 aliphatic heterocycles. The van der Waals surface area contributed by atoms with E-state index in [-0.39, 0.29) is 18.0 Å². The molecule has 1 atom stereocenters. The first-order valence-corrected chi connectivity index (χ1v) is 6.87. The third-order valence-corrected chi connectivity index (χ3v) is 3.14. The molecule has 1 rings (SSSR count). The molecule has 1 fully saturated rings. The van der Waals surface area contributed by atoms with E-state index in [9.17, 15) is 4.79 Å². The summed E-state index contributed by atoms with van der Waals surface area (Å²) in [5, 5.41) is 0. The topological polar surface area (TPSA) is 35.5 Å². The summed E-state index contributed by atoms with van der Waals surface area (Å²) in [4.78, 5) is 11.5. The second-order valence-electron chi connectivity index (χ2n) is 5.76. The zero-order valence-corrected chi connectivity index (χ0v) is 12.3. The van der Waals surface area contributed by atoms with Crippen LogP contribution in [0.15, 0.2) is 11.6 Å². The average molecular weight is 254 g/mol. The Morgan fingerprint density at radius 1 is 1.44 bits per heavy atom. The molecule has 1 aliphatic rings. The highest BCUT2D eigenvalue weighted by Crippen LogP contribution is 2.30. The van der Waals surface area contributed by atoms with Gasteiger partial charge in [0, 0.05) is 0 Å². The van der Waals surface area contributed by atoms with Crippen molar-refractivity contribution in [2.24, 2.45) is 5.92 Å². The Bertz CT molecular complexity index is 314. The largest absolute Gasteiger partial charge is 0.462 e. The van der Waals surface area contributed by atoms with Gasteiger partial charge in [0.25, 0.3) is 0 Å². The number of esters is 1. The highest BCUT2D eigenvalue weighted by molar-refractivity contribution is 5.74. The fourth-order valence-electron chi connectivity index (χ4n) is 1.78. The van der Waals surface area contributed by atoms with Gasteiger partial charge in [0.15, 0.2) is 0 Å². The van der Waals surface area contributed by atoms with E-state index in [1.165, 1.54) is 5.57 Å². The summed E-state index contributed by atoms with van der Waals surface area (Å²) >= 11 is 0. The van der Waals surface area contributed by atoms with Gasteiger partial charge in [-0.3, -0.25) is 4.79 Å². The van der Waals surface area contributed by atoms with Crippen molar-refractivity contribution in [1.82, 2.24) is 0 Å². The lowest BCUT2D eigenvalue weighted by Crippen LogP contribution is -2.36. The molecule has 0 bridgehead atoms. The van der Waals surface area contributed by atoms with Gasteiger partial charge >= 0.3 is 5.97 Å². The fraction of sp³-hybridized carbons (Fsp3) is 0.800. The zero-order valence-electron chi connectivity index (χ0n) is 12.3. The van der Waals surface area contributed by atoms with Crippen LogP contribution in [0.2, 0.25) is 0 Å². The maximum absolute atomic E-state index is 11.5. The van der Waals surface area contributed by atoms with Crippen molar-refractivity contribution >= 4 is 5.97 Å². The van der Waals surface area contributed by atoms with E-state index < -0.39 is 5.60 Å². The van der Waals surface area contributed by atoms with Crippen LogP contribution in [0.1, 0.15) is 53.9 Å². The van der Waals surface area contributed by atoms with Crippen molar-refractivity contribution in [3.63, 3.8) is 0 Å². The molecule has 0 radical (unpaired) electrons. The van der Waals surface area contributed by atoms with Gasteiger partial charge in [0.1, 0.15) is 6.61 Å². The molecule has 0 aromatic carbocycles. The molecular formula is C15H26O3. The molecule has 3 heteroatoms. The third kappa shape index (κ3) is 5.21. The average Bonchev–Trinajstić information content (AvgIpc) is 3.09. The summed E-state index contributed by atoms with van der Waals surface area (Å²) < 4.78 is 11.2. The van der Waals surface area contributed by atoms with E-state index >= 15 is 0 Å². The predicted octanol–water partition coefficient (Wildman–Crippen LogP) is 3.48. The second-order valence-corrected chi connectivity index (χ2v) is 5.76. The Morgan fingerprint density at radius 3 is 2.56 bits per heavy atom. The van der Waals surface area contributed by atoms with Gasteiger partial charge in [0.05, 0.1) is 17.6 Å². The maximum atomic E-state index is 11.5. The van der Waals surface area contributed by atoms with Crippen molar-refractivity contribution in [2.45, 2.75) is 65.6 Å². The van der Waals surface area contributed by atoms with Crippen LogP contribution in [0.25, 0.3) is 0 Å². The summed E-state index contributed by atoms with van der Waals surface area (Å²) in [5.74, 6) is 0.0834. The maximum Gasteiger partial charge on any atom is 0.309 e. The molecule has 1 saturated carbocycles. The molecule has 0 saturated heterocycles. The minimum atomic E-state index is -0.438. The number of hydrogen-bond acceptors (Lipinski definition) is 3. The zero-order chi connectivity index (χ0) is 13.8. The van der Waals surface area contributed by atoms with Crippen LogP contribution >= 0.6 is 0 Å². The minimum Gasteiger partial charge on any atom is -0.462 e. The Kier molecular flexibility index (Phi) is 5.39. The first-order valence-electron chi connectivity index (χ1n) is 6.87. The van der Waals surface area contributed by atoms with E-state index in [0.717, 1.165) is 19.3 Å². The number of ether oxygens (including phenoxy) is 2.